The molecule has 0 aromatic heterocycles. The number of aliphatic imine (C=N–C) groups is 3. The van der Waals surface area contributed by atoms with E-state index in [-0.39, 0.29) is 88.9 Å². The van der Waals surface area contributed by atoms with Crippen LogP contribution in [0, 0.1) is 5.92 Å². The van der Waals surface area contributed by atoms with E-state index in [1.165, 1.54) is 0 Å². The van der Waals surface area contributed by atoms with E-state index in [1.807, 2.05) is 0 Å². The van der Waals surface area contributed by atoms with E-state index in [2.05, 4.69) is 41.6 Å². The molecule has 0 radical (unpaired) electrons. The van der Waals surface area contributed by atoms with E-state index in [0.29, 0.717) is 19.4 Å². The first-order valence-corrected chi connectivity index (χ1v) is 21.6. The monoisotopic (exact) mass is 909 g/mol. The van der Waals surface area contributed by atoms with Crippen LogP contribution in [0.2, 0.25) is 0 Å². The third-order valence-electron chi connectivity index (χ3n) is 9.17. The van der Waals surface area contributed by atoms with Crippen molar-refractivity contribution in [2.75, 3.05) is 26.2 Å². The molecule has 0 bridgehead atoms. The number of guanidine groups is 3. The molecule has 0 spiro atoms. The Kier molecular flexibility index (Phi) is 27.3. The van der Waals surface area contributed by atoms with Gasteiger partial charge in [-0.2, -0.15) is 0 Å². The van der Waals surface area contributed by atoms with Crippen molar-refractivity contribution in [3.63, 3.8) is 0 Å². The van der Waals surface area contributed by atoms with Gasteiger partial charge in [-0.15, -0.1) is 0 Å². The number of carboxylic acid groups (broad SMARTS) is 1. The largest absolute Gasteiger partial charge is 0.480 e. The second-order valence-corrected chi connectivity index (χ2v) is 15.6. The Morgan fingerprint density at radius 1 is 0.597 bits per heavy atom. The predicted molar refractivity (Wildman–Crippen MR) is 230 cm³/mol. The van der Waals surface area contributed by atoms with Crippen LogP contribution in [0.15, 0.2) is 15.0 Å². The van der Waals surface area contributed by atoms with Crippen LogP contribution in [-0.4, -0.2) is 137 Å². The highest BCUT2D eigenvalue weighted by molar-refractivity contribution is 7.46. The molecule has 0 aliphatic carbocycles. The van der Waals surface area contributed by atoms with Crippen LogP contribution < -0.4 is 72.5 Å². The molecule has 0 aromatic carbocycles. The summed E-state index contributed by atoms with van der Waals surface area (Å²) in [5.74, 6) is -7.39. The van der Waals surface area contributed by atoms with Crippen molar-refractivity contribution in [3.8, 4) is 0 Å². The van der Waals surface area contributed by atoms with Gasteiger partial charge in [-0.3, -0.25) is 43.5 Å². The van der Waals surface area contributed by atoms with Crippen LogP contribution in [0.4, 0.5) is 0 Å². The molecular formula is C34H69N16O11P. The minimum absolute atomic E-state index is 0.0309. The van der Waals surface area contributed by atoms with Gasteiger partial charge >= 0.3 is 13.8 Å². The number of phosphoric acid groups is 1. The second-order valence-electron chi connectivity index (χ2n) is 14.4. The summed E-state index contributed by atoms with van der Waals surface area (Å²) in [7, 11) is -5.30. The summed E-state index contributed by atoms with van der Waals surface area (Å²) < 4.78 is 16.7. The first kappa shape index (κ1) is 56.7. The van der Waals surface area contributed by atoms with Crippen LogP contribution in [0.1, 0.15) is 85.0 Å². The molecule has 356 valence electrons. The lowest BCUT2D eigenvalue weighted by molar-refractivity contribution is -0.142. The third-order valence-corrected chi connectivity index (χ3v) is 9.78. The number of aliphatic carboxylic acids is 1. The van der Waals surface area contributed by atoms with Crippen LogP contribution in [0.5, 0.6) is 0 Å². The maximum atomic E-state index is 14.0. The summed E-state index contributed by atoms with van der Waals surface area (Å²) in [5.41, 5.74) is 43.8. The fourth-order valence-electron chi connectivity index (χ4n) is 5.63. The minimum atomic E-state index is -5.30. The molecule has 8 atom stereocenters. The fraction of sp³-hybridized carbons (Fsp3) is 0.735. The number of rotatable bonds is 32. The Labute approximate surface area is 360 Å². The zero-order valence-corrected chi connectivity index (χ0v) is 36.4. The predicted octanol–water partition coefficient (Wildman–Crippen LogP) is -5.34. The van der Waals surface area contributed by atoms with E-state index in [9.17, 15) is 48.2 Å². The van der Waals surface area contributed by atoms with Crippen LogP contribution in [-0.2, 0) is 37.9 Å². The van der Waals surface area contributed by atoms with Crippen molar-refractivity contribution in [2.45, 2.75) is 127 Å². The summed E-state index contributed by atoms with van der Waals surface area (Å²) in [6.07, 6.45) is 0.0463. The molecule has 5 amide bonds. The molecule has 0 unspecified atom stereocenters. The normalized spacial score (nSPS) is 15.1. The number of carbonyl (C=O) groups is 6. The third kappa shape index (κ3) is 24.8. The molecule has 0 aliphatic rings. The molecule has 0 rings (SSSR count). The van der Waals surface area contributed by atoms with Crippen molar-refractivity contribution in [3.05, 3.63) is 0 Å². The van der Waals surface area contributed by atoms with E-state index >= 15 is 0 Å². The molecule has 0 aromatic rings. The Bertz CT molecular complexity index is 1590. The van der Waals surface area contributed by atoms with Crippen LogP contribution in [0.25, 0.3) is 0 Å². The van der Waals surface area contributed by atoms with Crippen molar-refractivity contribution in [1.29, 1.82) is 0 Å². The number of nitrogens with two attached hydrogens (primary N) is 8. The highest BCUT2D eigenvalue weighted by atomic mass is 31.2. The maximum Gasteiger partial charge on any atom is 0.469 e. The number of nitrogens with one attached hydrogen (secondary N) is 5. The average molecular weight is 909 g/mol. The number of hydrogen-bond donors (Lipinski definition) is 16. The van der Waals surface area contributed by atoms with E-state index < -0.39 is 91.6 Å². The topological polar surface area (TPSA) is 495 Å². The summed E-state index contributed by atoms with van der Waals surface area (Å²) in [6, 6.07) is -8.58. The van der Waals surface area contributed by atoms with E-state index in [4.69, 9.17) is 50.4 Å². The van der Waals surface area contributed by atoms with Crippen molar-refractivity contribution >= 4 is 61.2 Å². The quantitative estimate of drug-likeness (QED) is 0.0130. The molecule has 27 nitrogen and oxygen atoms in total. The first-order chi connectivity index (χ1) is 28.9. The van der Waals surface area contributed by atoms with Crippen molar-refractivity contribution in [2.24, 2.45) is 66.8 Å². The van der Waals surface area contributed by atoms with Gasteiger partial charge in [-0.25, -0.2) is 9.36 Å². The summed E-state index contributed by atoms with van der Waals surface area (Å²) in [5, 5.41) is 22.1. The molecule has 0 fully saturated rings. The summed E-state index contributed by atoms with van der Waals surface area (Å²) >= 11 is 0. The highest BCUT2D eigenvalue weighted by Gasteiger charge is 2.38. The highest BCUT2D eigenvalue weighted by Crippen LogP contribution is 2.38. The second kappa shape index (κ2) is 29.8. The fourth-order valence-corrected chi connectivity index (χ4v) is 6.19. The molecule has 0 saturated carbocycles. The minimum Gasteiger partial charge on any atom is -0.480 e. The summed E-state index contributed by atoms with van der Waals surface area (Å²) in [4.78, 5) is 111. The van der Waals surface area contributed by atoms with Crippen molar-refractivity contribution < 1.29 is 52.7 Å². The molecule has 62 heavy (non-hydrogen) atoms. The van der Waals surface area contributed by atoms with Gasteiger partial charge in [0, 0.05) is 19.6 Å². The average Bonchev–Trinajstić information content (AvgIpc) is 3.17. The lowest BCUT2D eigenvalue weighted by Crippen LogP contribution is -2.62. The number of carbonyl (C=O) groups excluding carboxylic acids is 5. The lowest BCUT2D eigenvalue weighted by atomic mass is 9.96. The first-order valence-electron chi connectivity index (χ1n) is 20.0. The number of phosphoric ester groups is 1. The van der Waals surface area contributed by atoms with Gasteiger partial charge in [-0.1, -0.05) is 26.7 Å². The van der Waals surface area contributed by atoms with Gasteiger partial charge in [0.25, 0.3) is 0 Å². The molecule has 0 heterocycles. The van der Waals surface area contributed by atoms with Gasteiger partial charge < -0.3 is 87.3 Å². The summed E-state index contributed by atoms with van der Waals surface area (Å²) in [6.45, 7) is 4.87. The molecule has 0 aliphatic heterocycles. The Morgan fingerprint density at radius 2 is 1.00 bits per heavy atom. The number of carboxylic acids is 1. The number of hydrogen-bond acceptors (Lipinski definition) is 13. The van der Waals surface area contributed by atoms with E-state index in [1.54, 1.807) is 13.8 Å². The zero-order valence-electron chi connectivity index (χ0n) is 35.5. The zero-order chi connectivity index (χ0) is 47.6. The number of amides is 5. The van der Waals surface area contributed by atoms with Gasteiger partial charge in [-0.05, 0) is 70.8 Å². The van der Waals surface area contributed by atoms with Gasteiger partial charge in [0.1, 0.15) is 30.2 Å². The lowest BCUT2D eigenvalue weighted by Gasteiger charge is -2.31. The number of unbranched alkanes of at least 4 members (excludes halogenated alkanes) is 1. The SMILES string of the molecule is CC[C@H](C)[C@H](NC(=O)[C@@H](NC(=O)[C@H](CCCN=C(N)N)NC(=O)[C@@H](N)CCCCN)[C@@H](C)OP(=O)(O)O)C(=O)N[C@@H](CCCN=C(N)N)C(=O)N[C@@H](CCCN=C(N)N)C(=O)O. The van der Waals surface area contributed by atoms with Crippen LogP contribution >= 0.6 is 7.82 Å². The van der Waals surface area contributed by atoms with Gasteiger partial charge in [0.2, 0.25) is 29.5 Å². The Balaban J connectivity index is 6.70. The maximum absolute atomic E-state index is 14.0. The molecular weight excluding hydrogens is 839 g/mol. The molecule has 24 N–H and O–H groups in total. The van der Waals surface area contributed by atoms with Crippen molar-refractivity contribution in [1.82, 2.24) is 26.6 Å². The molecule has 28 heteroatoms. The molecule has 0 saturated heterocycles. The van der Waals surface area contributed by atoms with Gasteiger partial charge in [0.15, 0.2) is 17.9 Å². The van der Waals surface area contributed by atoms with E-state index in [0.717, 1.165) is 6.92 Å². The Hall–Kier alpha value is -5.34. The van der Waals surface area contributed by atoms with Crippen LogP contribution in [0.3, 0.4) is 0 Å². The number of nitrogens with zero attached hydrogens (tertiary/aromatic N) is 3. The smallest absolute Gasteiger partial charge is 0.469 e. The Morgan fingerprint density at radius 3 is 1.42 bits per heavy atom. The van der Waals surface area contributed by atoms with Gasteiger partial charge in [0.05, 0.1) is 12.1 Å². The standard InChI is InChI=1S/C34H69N16O11P/c1-4-18(2)24(29(54)47-21(11-7-15-43-32(37)38)27(52)48-23(31(56)57)13-9-17-45-34(41)42)49-30(55)25(19(3)61-62(58,59)60)50-28(53)22(12-8-16-44-33(39)40)46-26(51)20(36)10-5-6-14-35/h18-25H,4-17,35-36H2,1-3H3,(H,46,51)(H,47,54)(H,48,52)(H,49,55)(H,50,53)(H,56,57)(H4,37,38,43)(H4,39,40,44)(H4,41,42,45)(H2,58,59,60)/t18-,19+,20-,21-,22-,23-,24-,25-/m0/s1.